The zero-order chi connectivity index (χ0) is 30.8. The second-order valence-corrected chi connectivity index (χ2v) is 12.8. The van der Waals surface area contributed by atoms with E-state index in [1.165, 1.54) is 4.90 Å². The number of nitrogens with zero attached hydrogens (tertiary/aromatic N) is 5. The van der Waals surface area contributed by atoms with Gasteiger partial charge in [0.1, 0.15) is 11.6 Å². The number of piperazine rings is 1. The van der Waals surface area contributed by atoms with Gasteiger partial charge in [-0.1, -0.05) is 23.2 Å². The number of halogens is 2. The minimum absolute atomic E-state index is 0.0147. The molecule has 44 heavy (non-hydrogen) atoms. The molecule has 3 fully saturated rings. The highest BCUT2D eigenvalue weighted by Crippen LogP contribution is 2.35. The first-order chi connectivity index (χ1) is 21.2. The lowest BCUT2D eigenvalue weighted by Crippen LogP contribution is -2.55. The minimum Gasteiger partial charge on any atom is -0.465 e. The Morgan fingerprint density at radius 2 is 1.70 bits per heavy atom. The van der Waals surface area contributed by atoms with Gasteiger partial charge < -0.3 is 25.0 Å². The van der Waals surface area contributed by atoms with E-state index in [9.17, 15) is 14.7 Å². The number of carbonyl (C=O) groups excluding carboxylic acids is 1. The van der Waals surface area contributed by atoms with Gasteiger partial charge in [-0.2, -0.15) is 0 Å². The number of carbonyl (C=O) groups is 2. The molecule has 5 heterocycles. The van der Waals surface area contributed by atoms with Gasteiger partial charge in [0.25, 0.3) is 0 Å². The molecule has 2 unspecified atom stereocenters. The Bertz CT molecular complexity index is 1480. The van der Waals surface area contributed by atoms with Gasteiger partial charge in [-0.05, 0) is 86.7 Å². The van der Waals surface area contributed by atoms with E-state index in [2.05, 4.69) is 15.1 Å². The summed E-state index contributed by atoms with van der Waals surface area (Å²) >= 11 is 12.7. The third-order valence-electron chi connectivity index (χ3n) is 8.73. The van der Waals surface area contributed by atoms with Crippen LogP contribution in [-0.2, 0) is 11.3 Å². The Morgan fingerprint density at radius 3 is 2.32 bits per heavy atom. The second kappa shape index (κ2) is 13.2. The lowest BCUT2D eigenvalue weighted by atomic mass is 9.96. The van der Waals surface area contributed by atoms with Crippen molar-refractivity contribution in [2.75, 3.05) is 37.6 Å². The van der Waals surface area contributed by atoms with Crippen molar-refractivity contribution in [3.8, 4) is 22.9 Å². The molecule has 0 saturated carbocycles. The summed E-state index contributed by atoms with van der Waals surface area (Å²) in [5.74, 6) is 2.33. The number of nitrogens with one attached hydrogen (secondary N) is 1. The average Bonchev–Trinajstić information content (AvgIpc) is 3.24. The zero-order valence-electron chi connectivity index (χ0n) is 24.6. The normalized spacial score (nSPS) is 20.5. The second-order valence-electron chi connectivity index (χ2n) is 11.9. The maximum atomic E-state index is 11.5. The van der Waals surface area contributed by atoms with Crippen molar-refractivity contribution in [3.05, 3.63) is 64.3 Å². The van der Waals surface area contributed by atoms with Crippen LogP contribution in [0.2, 0.25) is 10.0 Å². The summed E-state index contributed by atoms with van der Waals surface area (Å²) in [5, 5.41) is 13.5. The van der Waals surface area contributed by atoms with E-state index in [1.54, 1.807) is 19.2 Å². The molecule has 232 valence electrons. The molecule has 2 atom stereocenters. The fraction of sp³-hybridized carbons (Fsp3) is 0.438. The Balaban J connectivity index is 1.19. The van der Waals surface area contributed by atoms with Gasteiger partial charge in [-0.15, -0.1) is 0 Å². The molecule has 0 spiro atoms. The van der Waals surface area contributed by atoms with Gasteiger partial charge in [0.05, 0.1) is 11.9 Å². The molecule has 3 aromatic rings. The van der Waals surface area contributed by atoms with Gasteiger partial charge in [-0.25, -0.2) is 14.8 Å². The Morgan fingerprint density at radius 1 is 1.00 bits per heavy atom. The number of rotatable bonds is 8. The van der Waals surface area contributed by atoms with Crippen LogP contribution in [0.25, 0.3) is 11.3 Å². The Hall–Kier alpha value is -3.60. The van der Waals surface area contributed by atoms with Crippen molar-refractivity contribution in [2.24, 2.45) is 5.92 Å². The van der Waals surface area contributed by atoms with E-state index in [4.69, 9.17) is 37.9 Å². The third kappa shape index (κ3) is 7.20. The average molecular weight is 640 g/mol. The van der Waals surface area contributed by atoms with Crippen molar-refractivity contribution in [1.82, 2.24) is 25.1 Å². The number of carboxylic acid groups (broad SMARTS) is 1. The molecular formula is C32H36Cl2N6O4. The zero-order valence-corrected chi connectivity index (χ0v) is 26.1. The largest absolute Gasteiger partial charge is 0.465 e. The lowest BCUT2D eigenvalue weighted by molar-refractivity contribution is -0.119. The number of piperidine rings is 1. The van der Waals surface area contributed by atoms with Crippen LogP contribution in [0, 0.1) is 5.92 Å². The molecule has 1 aromatic carbocycles. The number of amides is 2. The van der Waals surface area contributed by atoms with Crippen LogP contribution in [-0.4, -0.2) is 81.7 Å². The minimum atomic E-state index is -0.862. The molecule has 12 heteroatoms. The van der Waals surface area contributed by atoms with Gasteiger partial charge in [0.15, 0.2) is 0 Å². The SMILES string of the molecule is CC(=O)NCC1CCN(Cc2cc(Oc3ccc(N4C5CCC4CN(C(=O)O)C5)nc3)nc(-c3cc(Cl)cc(Cl)c3)c2)CC1. The molecule has 2 amide bonds. The fourth-order valence-corrected chi connectivity index (χ4v) is 7.11. The fourth-order valence-electron chi connectivity index (χ4n) is 6.59. The summed E-state index contributed by atoms with van der Waals surface area (Å²) in [6, 6.07) is 13.5. The van der Waals surface area contributed by atoms with Crippen LogP contribution >= 0.6 is 23.2 Å². The number of ether oxygens (including phenoxy) is 1. The molecule has 3 aliphatic heterocycles. The topological polar surface area (TPSA) is 111 Å². The van der Waals surface area contributed by atoms with Gasteiger partial charge in [0.2, 0.25) is 11.8 Å². The Kier molecular flexibility index (Phi) is 9.11. The summed E-state index contributed by atoms with van der Waals surface area (Å²) in [6.45, 7) is 5.88. The summed E-state index contributed by atoms with van der Waals surface area (Å²) in [4.78, 5) is 38.5. The summed E-state index contributed by atoms with van der Waals surface area (Å²) < 4.78 is 6.26. The highest BCUT2D eigenvalue weighted by atomic mass is 35.5. The molecular weight excluding hydrogens is 603 g/mol. The molecule has 0 radical (unpaired) electrons. The number of hydrogen-bond donors (Lipinski definition) is 2. The number of pyridine rings is 2. The molecule has 10 nitrogen and oxygen atoms in total. The van der Waals surface area contributed by atoms with Crippen LogP contribution in [0.1, 0.15) is 38.2 Å². The van der Waals surface area contributed by atoms with Crippen molar-refractivity contribution in [1.29, 1.82) is 0 Å². The number of benzene rings is 1. The maximum absolute atomic E-state index is 11.5. The van der Waals surface area contributed by atoms with Crippen molar-refractivity contribution < 1.29 is 19.4 Å². The van der Waals surface area contributed by atoms with Gasteiger partial charge >= 0.3 is 6.09 Å². The van der Waals surface area contributed by atoms with Crippen molar-refractivity contribution in [2.45, 2.75) is 51.2 Å². The highest BCUT2D eigenvalue weighted by molar-refractivity contribution is 6.35. The van der Waals surface area contributed by atoms with Gasteiger partial charge in [0, 0.05) is 66.9 Å². The van der Waals surface area contributed by atoms with E-state index < -0.39 is 6.09 Å². The first-order valence-corrected chi connectivity index (χ1v) is 15.8. The van der Waals surface area contributed by atoms with Crippen LogP contribution in [0.5, 0.6) is 11.6 Å². The number of aromatic nitrogens is 2. The lowest BCUT2D eigenvalue weighted by Gasteiger charge is -2.40. The van der Waals surface area contributed by atoms with E-state index in [1.807, 2.05) is 36.4 Å². The summed E-state index contributed by atoms with van der Waals surface area (Å²) in [5.41, 5.74) is 2.56. The van der Waals surface area contributed by atoms with E-state index >= 15 is 0 Å². The molecule has 2 aromatic heterocycles. The summed E-state index contributed by atoms with van der Waals surface area (Å²) in [7, 11) is 0. The third-order valence-corrected chi connectivity index (χ3v) is 9.17. The van der Waals surface area contributed by atoms with Crippen LogP contribution in [0.3, 0.4) is 0 Å². The van der Waals surface area contributed by atoms with Crippen molar-refractivity contribution >= 4 is 41.0 Å². The standard InChI is InChI=1S/C32H36Cl2N6O4/c1-20(41)35-15-21-6-8-38(9-7-21)17-22-10-29(23-12-24(33)14-25(34)13-23)37-31(11-22)44-28-4-5-30(36-16-28)40-26-2-3-27(40)19-39(18-26)32(42)43/h4-5,10-14,16,21,26-27H,2-3,6-9,15,17-19H2,1H3,(H,35,41)(H,42,43). The van der Waals surface area contributed by atoms with Crippen LogP contribution < -0.4 is 15.0 Å². The van der Waals surface area contributed by atoms with Crippen LogP contribution in [0.4, 0.5) is 10.6 Å². The smallest absolute Gasteiger partial charge is 0.407 e. The molecule has 2 N–H and O–H groups in total. The molecule has 3 saturated heterocycles. The Labute approximate surface area is 266 Å². The number of likely N-dealkylation sites (tertiary alicyclic amines) is 2. The van der Waals surface area contributed by atoms with Gasteiger partial charge in [-0.3, -0.25) is 9.69 Å². The molecule has 2 bridgehead atoms. The van der Waals surface area contributed by atoms with E-state index in [-0.39, 0.29) is 18.0 Å². The number of anilines is 1. The van der Waals surface area contributed by atoms with Crippen LogP contribution in [0.15, 0.2) is 48.7 Å². The molecule has 0 aliphatic carbocycles. The predicted molar refractivity (Wildman–Crippen MR) is 170 cm³/mol. The number of fused-ring (bicyclic) bond motifs is 2. The monoisotopic (exact) mass is 638 g/mol. The maximum Gasteiger partial charge on any atom is 0.407 e. The van der Waals surface area contributed by atoms with Crippen molar-refractivity contribution in [3.63, 3.8) is 0 Å². The number of hydrogen-bond acceptors (Lipinski definition) is 7. The van der Waals surface area contributed by atoms with E-state index in [0.717, 1.165) is 68.8 Å². The predicted octanol–water partition coefficient (Wildman–Crippen LogP) is 5.92. The first kappa shape index (κ1) is 30.4. The molecule has 3 aliphatic rings. The first-order valence-electron chi connectivity index (χ1n) is 15.0. The van der Waals surface area contributed by atoms with E-state index in [0.29, 0.717) is 46.4 Å². The molecule has 6 rings (SSSR count). The summed E-state index contributed by atoms with van der Waals surface area (Å²) in [6.07, 6.45) is 4.79. The highest BCUT2D eigenvalue weighted by Gasteiger charge is 2.42. The quantitative estimate of drug-likeness (QED) is 0.313.